The van der Waals surface area contributed by atoms with Crippen molar-refractivity contribution in [3.05, 3.63) is 12.2 Å². The van der Waals surface area contributed by atoms with Crippen LogP contribution < -0.4 is 0 Å². The zero-order chi connectivity index (χ0) is 15.8. The van der Waals surface area contributed by atoms with Gasteiger partial charge in [-0.3, -0.25) is 0 Å². The molecule has 126 valence electrons. The third-order valence-electron chi connectivity index (χ3n) is 4.66. The molecular weight excluding hydrogens is 252 g/mol. The number of hydrogen-bond acceptors (Lipinski definition) is 0. The van der Waals surface area contributed by atoms with Crippen molar-refractivity contribution < 1.29 is 0 Å². The topological polar surface area (TPSA) is 0 Å². The molecule has 0 N–H and O–H groups in total. The van der Waals surface area contributed by atoms with Gasteiger partial charge in [0, 0.05) is 0 Å². The first kappa shape index (κ1) is 20.7. The van der Waals surface area contributed by atoms with Crippen LogP contribution in [0.25, 0.3) is 0 Å². The fraction of sp³-hybridized carbons (Fsp3) is 0.905. The predicted molar refractivity (Wildman–Crippen MR) is 98.9 cm³/mol. The molecule has 1 atom stereocenters. The summed E-state index contributed by atoms with van der Waals surface area (Å²) in [6.07, 6.45) is 21.3. The summed E-state index contributed by atoms with van der Waals surface area (Å²) in [6, 6.07) is 0. The maximum absolute atomic E-state index is 4.08. The summed E-state index contributed by atoms with van der Waals surface area (Å²) in [5.41, 5.74) is 1.37. The average molecular weight is 295 g/mol. The fourth-order valence-corrected chi connectivity index (χ4v) is 3.13. The van der Waals surface area contributed by atoms with Gasteiger partial charge in [0.15, 0.2) is 0 Å². The molecule has 0 amide bonds. The number of unbranched alkanes of at least 4 members (excludes halogenated alkanes) is 9. The van der Waals surface area contributed by atoms with Gasteiger partial charge >= 0.3 is 0 Å². The highest BCUT2D eigenvalue weighted by atomic mass is 14.1. The van der Waals surface area contributed by atoms with Crippen LogP contribution >= 0.6 is 0 Å². The molecule has 0 aliphatic heterocycles. The smallest absolute Gasteiger partial charge is 0.0323 e. The summed E-state index contributed by atoms with van der Waals surface area (Å²) in [7, 11) is 0. The van der Waals surface area contributed by atoms with Gasteiger partial charge in [0.2, 0.25) is 0 Å². The van der Waals surface area contributed by atoms with Gasteiger partial charge in [-0.25, -0.2) is 0 Å². The molecule has 0 nitrogen and oxygen atoms in total. The third kappa shape index (κ3) is 15.9. The largest absolute Gasteiger partial charge is 0.100 e. The molecule has 0 fully saturated rings. The van der Waals surface area contributed by atoms with Gasteiger partial charge in [-0.2, -0.15) is 0 Å². The molecular formula is C21H42. The molecule has 0 aromatic carbocycles. The molecule has 0 rings (SSSR count). The van der Waals surface area contributed by atoms with Crippen LogP contribution in [0.5, 0.6) is 0 Å². The van der Waals surface area contributed by atoms with Gasteiger partial charge in [0.05, 0.1) is 0 Å². The van der Waals surface area contributed by atoms with Crippen LogP contribution in [-0.2, 0) is 0 Å². The fourth-order valence-electron chi connectivity index (χ4n) is 3.13. The van der Waals surface area contributed by atoms with E-state index >= 15 is 0 Å². The van der Waals surface area contributed by atoms with E-state index in [0.717, 1.165) is 5.92 Å². The molecule has 0 heterocycles. The van der Waals surface area contributed by atoms with Crippen LogP contribution in [0.3, 0.4) is 0 Å². The minimum Gasteiger partial charge on any atom is -0.100 e. The number of allylic oxidation sites excluding steroid dienone is 1. The van der Waals surface area contributed by atoms with E-state index in [1.807, 2.05) is 0 Å². The van der Waals surface area contributed by atoms with E-state index in [1.165, 1.54) is 102 Å². The lowest BCUT2D eigenvalue weighted by atomic mass is 9.89. The second-order valence-corrected chi connectivity index (χ2v) is 7.12. The van der Waals surface area contributed by atoms with E-state index in [-0.39, 0.29) is 0 Å². The Morgan fingerprint density at radius 2 is 1.10 bits per heavy atom. The van der Waals surface area contributed by atoms with Crippen LogP contribution in [0.2, 0.25) is 0 Å². The minimum absolute atomic E-state index is 0.967. The van der Waals surface area contributed by atoms with Crippen molar-refractivity contribution in [3.63, 3.8) is 0 Å². The minimum atomic E-state index is 0.967. The standard InChI is InChI=1S/C21H42/c1-5-7-9-11-12-13-15-17-21(19-18-20(3)4)16-14-10-8-6-2/h21H,3,5-19H2,1-2,4H3. The highest BCUT2D eigenvalue weighted by Gasteiger charge is 2.08. The molecule has 0 saturated heterocycles. The first-order valence-electron chi connectivity index (χ1n) is 9.85. The summed E-state index contributed by atoms with van der Waals surface area (Å²) >= 11 is 0. The van der Waals surface area contributed by atoms with Crippen molar-refractivity contribution >= 4 is 0 Å². The highest BCUT2D eigenvalue weighted by molar-refractivity contribution is 4.88. The average Bonchev–Trinajstić information content (AvgIpc) is 2.47. The second kappa shape index (κ2) is 16.1. The van der Waals surface area contributed by atoms with Crippen molar-refractivity contribution in [2.75, 3.05) is 0 Å². The molecule has 0 bridgehead atoms. The summed E-state index contributed by atoms with van der Waals surface area (Å²) in [5.74, 6) is 0.967. The number of hydrogen-bond donors (Lipinski definition) is 0. The summed E-state index contributed by atoms with van der Waals surface area (Å²) in [5, 5.41) is 0. The van der Waals surface area contributed by atoms with Crippen LogP contribution in [0, 0.1) is 5.92 Å². The molecule has 0 radical (unpaired) electrons. The molecule has 0 spiro atoms. The Morgan fingerprint density at radius 1 is 0.667 bits per heavy atom. The van der Waals surface area contributed by atoms with Crippen molar-refractivity contribution in [2.24, 2.45) is 5.92 Å². The Morgan fingerprint density at radius 3 is 1.57 bits per heavy atom. The Hall–Kier alpha value is -0.260. The molecule has 0 aromatic heterocycles. The molecule has 0 heteroatoms. The van der Waals surface area contributed by atoms with E-state index in [0.29, 0.717) is 0 Å². The lowest BCUT2D eigenvalue weighted by Crippen LogP contribution is -2.01. The van der Waals surface area contributed by atoms with Crippen LogP contribution in [0.4, 0.5) is 0 Å². The molecule has 0 aromatic rings. The Labute approximate surface area is 135 Å². The highest BCUT2D eigenvalue weighted by Crippen LogP contribution is 2.24. The lowest BCUT2D eigenvalue weighted by molar-refractivity contribution is 0.381. The Balaban J connectivity index is 3.68. The van der Waals surface area contributed by atoms with Gasteiger partial charge in [-0.15, -0.1) is 6.58 Å². The van der Waals surface area contributed by atoms with E-state index in [4.69, 9.17) is 0 Å². The van der Waals surface area contributed by atoms with Crippen LogP contribution in [-0.4, -0.2) is 0 Å². The summed E-state index contributed by atoms with van der Waals surface area (Å²) in [6.45, 7) is 10.9. The van der Waals surface area contributed by atoms with Gasteiger partial charge < -0.3 is 0 Å². The Bertz CT molecular complexity index is 216. The van der Waals surface area contributed by atoms with Crippen LogP contribution in [0.1, 0.15) is 117 Å². The van der Waals surface area contributed by atoms with E-state index < -0.39 is 0 Å². The predicted octanol–water partition coefficient (Wildman–Crippen LogP) is 8.07. The lowest BCUT2D eigenvalue weighted by Gasteiger charge is -2.17. The Kier molecular flexibility index (Phi) is 15.9. The van der Waals surface area contributed by atoms with Gasteiger partial charge in [0.1, 0.15) is 0 Å². The van der Waals surface area contributed by atoms with Crippen molar-refractivity contribution in [1.29, 1.82) is 0 Å². The zero-order valence-corrected chi connectivity index (χ0v) is 15.4. The maximum Gasteiger partial charge on any atom is -0.0323 e. The first-order valence-corrected chi connectivity index (χ1v) is 9.85. The van der Waals surface area contributed by atoms with Crippen molar-refractivity contribution in [1.82, 2.24) is 0 Å². The zero-order valence-electron chi connectivity index (χ0n) is 15.4. The monoisotopic (exact) mass is 294 g/mol. The summed E-state index contributed by atoms with van der Waals surface area (Å²) < 4.78 is 0. The SMILES string of the molecule is C=C(C)CCC(CCCCCC)CCCCCCCCC. The van der Waals surface area contributed by atoms with Crippen LogP contribution in [0.15, 0.2) is 12.2 Å². The molecule has 0 saturated carbocycles. The molecule has 21 heavy (non-hydrogen) atoms. The maximum atomic E-state index is 4.08. The van der Waals surface area contributed by atoms with Gasteiger partial charge in [0.25, 0.3) is 0 Å². The van der Waals surface area contributed by atoms with Crippen molar-refractivity contribution in [3.8, 4) is 0 Å². The number of rotatable bonds is 16. The molecule has 0 aliphatic rings. The van der Waals surface area contributed by atoms with Crippen molar-refractivity contribution in [2.45, 2.75) is 117 Å². The summed E-state index contributed by atoms with van der Waals surface area (Å²) in [4.78, 5) is 0. The van der Waals surface area contributed by atoms with E-state index in [2.05, 4.69) is 27.4 Å². The molecule has 1 unspecified atom stereocenters. The molecule has 0 aliphatic carbocycles. The van der Waals surface area contributed by atoms with Gasteiger partial charge in [-0.1, -0.05) is 103 Å². The third-order valence-corrected chi connectivity index (χ3v) is 4.66. The second-order valence-electron chi connectivity index (χ2n) is 7.12. The van der Waals surface area contributed by atoms with E-state index in [1.54, 1.807) is 0 Å². The van der Waals surface area contributed by atoms with E-state index in [9.17, 15) is 0 Å². The first-order chi connectivity index (χ1) is 10.2. The quantitative estimate of drug-likeness (QED) is 0.199. The van der Waals surface area contributed by atoms with Gasteiger partial charge in [-0.05, 0) is 25.7 Å². The normalized spacial score (nSPS) is 12.5.